The first-order valence-electron chi connectivity index (χ1n) is 7.86. The number of carbonyl (C=O) groups excluding carboxylic acids is 1. The van der Waals surface area contributed by atoms with Crippen LogP contribution in [0.2, 0.25) is 5.02 Å². The molecule has 3 N–H and O–H groups in total. The third-order valence-electron chi connectivity index (χ3n) is 4.47. The molecule has 1 fully saturated rings. The molecule has 0 aromatic heterocycles. The molecule has 0 bridgehead atoms. The Hall–Kier alpha value is -2.04. The molecule has 0 radical (unpaired) electrons. The summed E-state index contributed by atoms with van der Waals surface area (Å²) < 4.78 is 0. The summed E-state index contributed by atoms with van der Waals surface area (Å²) in [5, 5.41) is 3.70. The van der Waals surface area contributed by atoms with Gasteiger partial charge in [-0.25, -0.2) is 0 Å². The number of nitrogens with zero attached hydrogens (tertiary/aromatic N) is 1. The lowest BCUT2D eigenvalue weighted by atomic mass is 10.1. The van der Waals surface area contributed by atoms with Crippen LogP contribution >= 0.6 is 11.6 Å². The van der Waals surface area contributed by atoms with Gasteiger partial charge in [-0.3, -0.25) is 4.79 Å². The number of halogens is 1. The van der Waals surface area contributed by atoms with Gasteiger partial charge >= 0.3 is 0 Å². The van der Waals surface area contributed by atoms with Crippen LogP contribution in [0.4, 0.5) is 17.1 Å². The molecule has 0 unspecified atom stereocenters. The van der Waals surface area contributed by atoms with Gasteiger partial charge in [0.2, 0.25) is 5.91 Å². The lowest BCUT2D eigenvalue weighted by molar-refractivity contribution is -0.117. The van der Waals surface area contributed by atoms with Crippen LogP contribution in [0.25, 0.3) is 0 Å². The van der Waals surface area contributed by atoms with Gasteiger partial charge in [-0.05, 0) is 48.6 Å². The van der Waals surface area contributed by atoms with Crippen LogP contribution in [0, 0.1) is 0 Å². The molecule has 118 valence electrons. The Morgan fingerprint density at radius 1 is 1.17 bits per heavy atom. The number of anilines is 3. The van der Waals surface area contributed by atoms with E-state index in [1.54, 1.807) is 0 Å². The number of benzene rings is 2. The van der Waals surface area contributed by atoms with Crippen LogP contribution in [0.15, 0.2) is 42.5 Å². The Balaban J connectivity index is 1.87. The van der Waals surface area contributed by atoms with Gasteiger partial charge in [-0.1, -0.05) is 29.8 Å². The first-order chi connectivity index (χ1) is 11.1. The molecule has 1 aliphatic carbocycles. The maximum atomic E-state index is 12.3. The van der Waals surface area contributed by atoms with Gasteiger partial charge in [-0.15, -0.1) is 0 Å². The minimum atomic E-state index is -0.589. The molecule has 23 heavy (non-hydrogen) atoms. The first kappa shape index (κ1) is 14.5. The Kier molecular flexibility index (Phi) is 3.51. The maximum Gasteiger partial charge on any atom is 0.243 e. The van der Waals surface area contributed by atoms with Crippen molar-refractivity contribution in [1.29, 1.82) is 0 Å². The number of fused-ring (bicyclic) bond motifs is 1. The summed E-state index contributed by atoms with van der Waals surface area (Å²) in [4.78, 5) is 14.4. The van der Waals surface area contributed by atoms with Gasteiger partial charge in [0.1, 0.15) is 6.04 Å². The van der Waals surface area contributed by atoms with E-state index in [-0.39, 0.29) is 5.91 Å². The van der Waals surface area contributed by atoms with Crippen molar-refractivity contribution < 1.29 is 4.79 Å². The fourth-order valence-corrected chi connectivity index (χ4v) is 3.32. The predicted molar refractivity (Wildman–Crippen MR) is 93.5 cm³/mol. The summed E-state index contributed by atoms with van der Waals surface area (Å²) in [5.74, 6) is 0.407. The van der Waals surface area contributed by atoms with E-state index in [0.29, 0.717) is 17.5 Å². The highest BCUT2D eigenvalue weighted by atomic mass is 35.5. The standard InChI is InChI=1S/C18H18ClN3O/c19-12-3-1-4-13(9-12)22-10-15(20)18(23)21-17-14(11-7-8-11)5-2-6-16(17)22/h1-6,9,11,15H,7-8,10,20H2,(H,21,23)/t15-/m0/s1. The molecule has 1 heterocycles. The second-order valence-electron chi connectivity index (χ2n) is 6.20. The molecule has 2 aromatic rings. The van der Waals surface area contributed by atoms with Gasteiger partial charge in [0.15, 0.2) is 0 Å². The highest BCUT2D eigenvalue weighted by molar-refractivity contribution is 6.30. The molecular formula is C18H18ClN3O. The van der Waals surface area contributed by atoms with E-state index in [2.05, 4.69) is 16.3 Å². The van der Waals surface area contributed by atoms with Gasteiger partial charge in [0.05, 0.1) is 11.4 Å². The number of rotatable bonds is 2. The Labute approximate surface area is 140 Å². The highest BCUT2D eigenvalue weighted by Crippen LogP contribution is 2.47. The summed E-state index contributed by atoms with van der Waals surface area (Å²) in [5.41, 5.74) is 10.1. The summed E-state index contributed by atoms with van der Waals surface area (Å²) in [6, 6.07) is 13.2. The summed E-state index contributed by atoms with van der Waals surface area (Å²) in [6.45, 7) is 0.424. The molecule has 1 amide bonds. The van der Waals surface area contributed by atoms with Gasteiger partial charge in [-0.2, -0.15) is 0 Å². The van der Waals surface area contributed by atoms with E-state index in [4.69, 9.17) is 17.3 Å². The van der Waals surface area contributed by atoms with E-state index < -0.39 is 6.04 Å². The SMILES string of the molecule is N[C@H]1CN(c2cccc(Cl)c2)c2cccc(C3CC3)c2NC1=O. The van der Waals surface area contributed by atoms with E-state index in [1.807, 2.05) is 36.4 Å². The average Bonchev–Trinajstić information content (AvgIpc) is 3.37. The largest absolute Gasteiger partial charge is 0.338 e. The maximum absolute atomic E-state index is 12.3. The molecule has 1 atom stereocenters. The van der Waals surface area contributed by atoms with Gasteiger partial charge in [0, 0.05) is 17.3 Å². The number of amides is 1. The molecule has 1 aliphatic heterocycles. The molecule has 2 aliphatic rings. The number of nitrogens with one attached hydrogen (secondary N) is 1. The molecular weight excluding hydrogens is 310 g/mol. The summed E-state index contributed by atoms with van der Waals surface area (Å²) in [6.07, 6.45) is 2.35. The third kappa shape index (κ3) is 2.69. The van der Waals surface area contributed by atoms with Crippen LogP contribution in [0.3, 0.4) is 0 Å². The van der Waals surface area contributed by atoms with E-state index in [9.17, 15) is 4.79 Å². The summed E-state index contributed by atoms with van der Waals surface area (Å²) >= 11 is 6.15. The van der Waals surface area contributed by atoms with Crippen molar-refractivity contribution in [2.75, 3.05) is 16.8 Å². The predicted octanol–water partition coefficient (Wildman–Crippen LogP) is 3.63. The zero-order valence-electron chi connectivity index (χ0n) is 12.6. The molecule has 4 nitrogen and oxygen atoms in total. The zero-order valence-corrected chi connectivity index (χ0v) is 13.4. The molecule has 1 saturated carbocycles. The third-order valence-corrected chi connectivity index (χ3v) is 4.70. The van der Waals surface area contributed by atoms with Crippen LogP contribution in [-0.4, -0.2) is 18.5 Å². The average molecular weight is 328 g/mol. The fraction of sp³-hybridized carbons (Fsp3) is 0.278. The second kappa shape index (κ2) is 5.55. The van der Waals surface area contributed by atoms with Gasteiger partial charge in [0.25, 0.3) is 0 Å². The number of hydrogen-bond donors (Lipinski definition) is 2. The van der Waals surface area contributed by atoms with Crippen LogP contribution < -0.4 is 16.0 Å². The Morgan fingerprint density at radius 3 is 2.70 bits per heavy atom. The molecule has 5 heteroatoms. The minimum Gasteiger partial charge on any atom is -0.338 e. The quantitative estimate of drug-likeness (QED) is 0.885. The van der Waals surface area contributed by atoms with Crippen LogP contribution in [0.5, 0.6) is 0 Å². The second-order valence-corrected chi connectivity index (χ2v) is 6.64. The highest BCUT2D eigenvalue weighted by Gasteiger charge is 2.32. The van der Waals surface area contributed by atoms with Crippen molar-refractivity contribution in [2.45, 2.75) is 24.8 Å². The van der Waals surface area contributed by atoms with Crippen LogP contribution in [0.1, 0.15) is 24.3 Å². The number of nitrogens with two attached hydrogens (primary N) is 1. The monoisotopic (exact) mass is 327 g/mol. The van der Waals surface area contributed by atoms with Crippen LogP contribution in [-0.2, 0) is 4.79 Å². The Bertz CT molecular complexity index is 773. The number of hydrogen-bond acceptors (Lipinski definition) is 3. The minimum absolute atomic E-state index is 0.135. The van der Waals surface area contributed by atoms with Crippen molar-refractivity contribution in [2.24, 2.45) is 5.73 Å². The number of para-hydroxylation sites is 1. The lowest BCUT2D eigenvalue weighted by Crippen LogP contribution is -2.41. The van der Waals surface area contributed by atoms with E-state index in [0.717, 1.165) is 17.1 Å². The smallest absolute Gasteiger partial charge is 0.243 e. The zero-order chi connectivity index (χ0) is 16.0. The van der Waals surface area contributed by atoms with Gasteiger partial charge < -0.3 is 16.0 Å². The van der Waals surface area contributed by atoms with E-state index in [1.165, 1.54) is 18.4 Å². The Morgan fingerprint density at radius 2 is 1.96 bits per heavy atom. The van der Waals surface area contributed by atoms with Crippen molar-refractivity contribution in [3.05, 3.63) is 53.1 Å². The number of carbonyl (C=O) groups is 1. The van der Waals surface area contributed by atoms with Crippen molar-refractivity contribution in [3.63, 3.8) is 0 Å². The lowest BCUT2D eigenvalue weighted by Gasteiger charge is -2.26. The topological polar surface area (TPSA) is 58.4 Å². The molecule has 4 rings (SSSR count). The molecule has 0 spiro atoms. The fourth-order valence-electron chi connectivity index (χ4n) is 3.14. The first-order valence-corrected chi connectivity index (χ1v) is 8.24. The van der Waals surface area contributed by atoms with Crippen molar-refractivity contribution in [3.8, 4) is 0 Å². The van der Waals surface area contributed by atoms with Crippen molar-refractivity contribution in [1.82, 2.24) is 0 Å². The normalized spacial score (nSPS) is 20.7. The molecule has 0 saturated heterocycles. The summed E-state index contributed by atoms with van der Waals surface area (Å²) in [7, 11) is 0. The van der Waals surface area contributed by atoms with E-state index >= 15 is 0 Å². The molecule has 2 aromatic carbocycles. The van der Waals surface area contributed by atoms with Crippen molar-refractivity contribution >= 4 is 34.6 Å².